The van der Waals surface area contributed by atoms with Gasteiger partial charge in [-0.2, -0.15) is 21.6 Å². The van der Waals surface area contributed by atoms with Crippen LogP contribution in [0.25, 0.3) is 6.08 Å². The van der Waals surface area contributed by atoms with E-state index in [1.165, 1.54) is 6.08 Å². The maximum Gasteiger partial charge on any atom is 0.516 e. The molecule has 1 unspecified atom stereocenters. The van der Waals surface area contributed by atoms with Crippen LogP contribution in [0.15, 0.2) is 12.3 Å². The van der Waals surface area contributed by atoms with Crippen molar-refractivity contribution in [3.05, 3.63) is 29.0 Å². The summed E-state index contributed by atoms with van der Waals surface area (Å²) in [5, 5.41) is 0. The van der Waals surface area contributed by atoms with Gasteiger partial charge in [0.05, 0.1) is 13.2 Å². The number of benzene rings is 1. The molecule has 0 radical (unpaired) electrons. The molecule has 0 aliphatic carbocycles. The van der Waals surface area contributed by atoms with Gasteiger partial charge in [0.25, 0.3) is 0 Å². The van der Waals surface area contributed by atoms with Crippen molar-refractivity contribution in [2.75, 3.05) is 19.9 Å². The van der Waals surface area contributed by atoms with Crippen molar-refractivity contribution in [3.63, 3.8) is 0 Å². The molecular formula is C14H12F3NO5S. The van der Waals surface area contributed by atoms with E-state index in [0.29, 0.717) is 21.4 Å². The Labute approximate surface area is 135 Å². The first kappa shape index (κ1) is 15.6. The lowest BCUT2D eigenvalue weighted by Gasteiger charge is -2.30. The highest BCUT2D eigenvalue weighted by Crippen LogP contribution is 2.46. The zero-order chi connectivity index (χ0) is 17.1. The van der Waals surface area contributed by atoms with E-state index in [0.717, 1.165) is 17.3 Å². The van der Waals surface area contributed by atoms with Gasteiger partial charge in [0, 0.05) is 24.2 Å². The van der Waals surface area contributed by atoms with Crippen LogP contribution >= 0.6 is 0 Å². The van der Waals surface area contributed by atoms with Crippen molar-refractivity contribution in [1.82, 2.24) is 4.31 Å². The van der Waals surface area contributed by atoms with Gasteiger partial charge in [0.15, 0.2) is 11.5 Å². The van der Waals surface area contributed by atoms with Gasteiger partial charge in [0.1, 0.15) is 0 Å². The first-order valence-corrected chi connectivity index (χ1v) is 8.52. The highest BCUT2D eigenvalue weighted by Gasteiger charge is 2.50. The molecule has 0 saturated heterocycles. The summed E-state index contributed by atoms with van der Waals surface area (Å²) >= 11 is 0. The number of nitrogens with zero attached hydrogens (tertiary/aromatic N) is 1. The molecule has 6 nitrogen and oxygen atoms in total. The molecule has 0 N–H and O–H groups in total. The molecule has 3 aliphatic rings. The van der Waals surface area contributed by atoms with Crippen LogP contribution < -0.4 is 9.47 Å². The number of rotatable bonds is 1. The molecule has 0 aromatic heterocycles. The molecule has 0 fully saturated rings. The second-order valence-corrected chi connectivity index (χ2v) is 7.53. The van der Waals surface area contributed by atoms with Gasteiger partial charge in [0.2, 0.25) is 6.79 Å². The van der Waals surface area contributed by atoms with Crippen LogP contribution in [0.2, 0.25) is 0 Å². The molecule has 0 spiro atoms. The molecule has 0 amide bonds. The Morgan fingerprint density at radius 3 is 2.79 bits per heavy atom. The smallest absolute Gasteiger partial charge is 0.454 e. The normalized spacial score (nSPS) is 22.3. The molecule has 3 heterocycles. The Bertz CT molecular complexity index is 834. The molecule has 4 rings (SSSR count). The topological polar surface area (TPSA) is 65.1 Å². The number of alkyl halides is 3. The molecule has 0 saturated carbocycles. The maximum atomic E-state index is 12.9. The quantitative estimate of drug-likeness (QED) is 0.765. The first-order valence-electron chi connectivity index (χ1n) is 7.08. The van der Waals surface area contributed by atoms with E-state index in [4.69, 9.17) is 14.2 Å². The monoisotopic (exact) mass is 363 g/mol. The number of hydrogen-bond donors (Lipinski definition) is 0. The second-order valence-electron chi connectivity index (χ2n) is 5.65. The van der Waals surface area contributed by atoms with Gasteiger partial charge in [-0.1, -0.05) is 0 Å². The summed E-state index contributed by atoms with van der Waals surface area (Å²) in [5.41, 5.74) is -3.30. The van der Waals surface area contributed by atoms with Gasteiger partial charge >= 0.3 is 15.5 Å². The Morgan fingerprint density at radius 2 is 2.04 bits per heavy atom. The summed E-state index contributed by atoms with van der Waals surface area (Å²) in [4.78, 5) is 0. The average molecular weight is 363 g/mol. The minimum absolute atomic E-state index is 0.00908. The lowest BCUT2D eigenvalue weighted by molar-refractivity contribution is -0.0480. The zero-order valence-electron chi connectivity index (χ0n) is 12.2. The van der Waals surface area contributed by atoms with Crippen LogP contribution in [0.4, 0.5) is 13.2 Å². The van der Waals surface area contributed by atoms with Crippen LogP contribution in [0, 0.1) is 0 Å². The van der Waals surface area contributed by atoms with Gasteiger partial charge in [-0.3, -0.25) is 4.31 Å². The van der Waals surface area contributed by atoms with Gasteiger partial charge in [-0.25, -0.2) is 0 Å². The van der Waals surface area contributed by atoms with Crippen molar-refractivity contribution in [2.45, 2.75) is 18.0 Å². The Hall–Kier alpha value is -1.94. The highest BCUT2D eigenvalue weighted by molar-refractivity contribution is 7.90. The van der Waals surface area contributed by atoms with Crippen LogP contribution in [0.3, 0.4) is 0 Å². The van der Waals surface area contributed by atoms with Gasteiger partial charge in [-0.05, 0) is 23.3 Å². The van der Waals surface area contributed by atoms with Crippen LogP contribution in [0.1, 0.15) is 22.6 Å². The summed E-state index contributed by atoms with van der Waals surface area (Å²) in [6.45, 7) is 0.0771. The van der Waals surface area contributed by atoms with Crippen molar-refractivity contribution < 1.29 is 35.8 Å². The van der Waals surface area contributed by atoms with E-state index >= 15 is 0 Å². The third-order valence-corrected chi connectivity index (χ3v) is 5.69. The molecule has 3 aliphatic heterocycles. The Morgan fingerprint density at radius 1 is 1.25 bits per heavy atom. The fraction of sp³-hybridized carbons (Fsp3) is 0.429. The van der Waals surface area contributed by atoms with E-state index in [9.17, 15) is 21.6 Å². The fourth-order valence-corrected chi connectivity index (χ4v) is 4.05. The molecular weight excluding hydrogens is 351 g/mol. The zero-order valence-corrected chi connectivity index (χ0v) is 13.0. The Kier molecular flexibility index (Phi) is 3.26. The molecule has 10 heteroatoms. The van der Waals surface area contributed by atoms with E-state index < -0.39 is 21.4 Å². The lowest BCUT2D eigenvalue weighted by Crippen LogP contribution is -2.40. The number of halogens is 3. The third kappa shape index (κ3) is 2.16. The summed E-state index contributed by atoms with van der Waals surface area (Å²) in [6, 6.07) is 1.73. The molecule has 1 atom stereocenters. The molecule has 130 valence electrons. The minimum Gasteiger partial charge on any atom is -0.454 e. The summed E-state index contributed by atoms with van der Waals surface area (Å²) in [7, 11) is -5.47. The van der Waals surface area contributed by atoms with Crippen molar-refractivity contribution in [3.8, 4) is 11.5 Å². The fourth-order valence-electron chi connectivity index (χ4n) is 3.19. The summed E-state index contributed by atoms with van der Waals surface area (Å²) < 4.78 is 78.7. The maximum absolute atomic E-state index is 12.9. The third-order valence-electron chi connectivity index (χ3n) is 4.22. The summed E-state index contributed by atoms with van der Waals surface area (Å²) in [6.07, 6.45) is 2.26. The predicted molar refractivity (Wildman–Crippen MR) is 75.7 cm³/mol. The second kappa shape index (κ2) is 5.03. The molecule has 0 bridgehead atoms. The number of hydrogen-bond acceptors (Lipinski definition) is 5. The summed E-state index contributed by atoms with van der Waals surface area (Å²) in [5.74, 6) is 0.373. The lowest BCUT2D eigenvalue weighted by atomic mass is 9.88. The minimum atomic E-state index is -5.47. The number of sulfonamides is 1. The molecule has 1 aromatic carbocycles. The predicted octanol–water partition coefficient (Wildman–Crippen LogP) is 2.17. The number of ether oxygens (including phenoxy) is 3. The SMILES string of the molecule is O=S(=O)(N1C=Cc2c3c(cc4c2C(COC4)C1)OCO3)C(F)(F)F. The van der Waals surface area contributed by atoms with E-state index in [1.54, 1.807) is 6.07 Å². The van der Waals surface area contributed by atoms with Gasteiger partial charge < -0.3 is 14.2 Å². The van der Waals surface area contributed by atoms with Crippen LogP contribution in [-0.4, -0.2) is 38.2 Å². The standard InChI is InChI=1S/C14H12F3NO5S/c15-14(16,17)24(19,20)18-2-1-10-12-8(5-21-6-9(12)4-18)3-11-13(10)23-7-22-11/h1-3,9H,4-7H2. The largest absolute Gasteiger partial charge is 0.516 e. The first-order chi connectivity index (χ1) is 11.3. The Balaban J connectivity index is 1.85. The molecule has 24 heavy (non-hydrogen) atoms. The van der Waals surface area contributed by atoms with Gasteiger partial charge in [-0.15, -0.1) is 0 Å². The van der Waals surface area contributed by atoms with Crippen LogP contribution in [0.5, 0.6) is 11.5 Å². The van der Waals surface area contributed by atoms with Crippen molar-refractivity contribution in [2.24, 2.45) is 0 Å². The van der Waals surface area contributed by atoms with E-state index in [1.807, 2.05) is 0 Å². The highest BCUT2D eigenvalue weighted by atomic mass is 32.2. The average Bonchev–Trinajstić information content (AvgIpc) is 2.87. The molecule has 1 aromatic rings. The van der Waals surface area contributed by atoms with E-state index in [2.05, 4.69) is 0 Å². The van der Waals surface area contributed by atoms with Crippen molar-refractivity contribution >= 4 is 16.1 Å². The van der Waals surface area contributed by atoms with Crippen molar-refractivity contribution in [1.29, 1.82) is 0 Å². The van der Waals surface area contributed by atoms with Crippen LogP contribution in [-0.2, 0) is 21.4 Å². The van der Waals surface area contributed by atoms with E-state index in [-0.39, 0.29) is 26.6 Å². The number of fused-ring (bicyclic) bond motifs is 2.